The van der Waals surface area contributed by atoms with Gasteiger partial charge in [0.05, 0.1) is 32.5 Å². The van der Waals surface area contributed by atoms with Gasteiger partial charge in [0.25, 0.3) is 0 Å². The van der Waals surface area contributed by atoms with Crippen LogP contribution in [0.3, 0.4) is 0 Å². The van der Waals surface area contributed by atoms with Gasteiger partial charge in [0.2, 0.25) is 0 Å². The number of carboxylic acid groups (broad SMARTS) is 2. The fraction of sp³-hybridized carbons (Fsp3) is 0.885. The summed E-state index contributed by atoms with van der Waals surface area (Å²) in [6, 6.07) is 0. The quantitative estimate of drug-likeness (QED) is 0.174. The zero-order valence-corrected chi connectivity index (χ0v) is 23.6. The van der Waals surface area contributed by atoms with Gasteiger partial charge in [-0.2, -0.15) is 0 Å². The van der Waals surface area contributed by atoms with Crippen molar-refractivity contribution in [3.63, 3.8) is 0 Å². The fourth-order valence-electron chi connectivity index (χ4n) is 2.04. The number of rotatable bonds is 20. The molecule has 0 atom stereocenters. The summed E-state index contributed by atoms with van der Waals surface area (Å²) in [5.41, 5.74) is 0. The number of aliphatic carboxylic acids is 2. The molecule has 0 aliphatic heterocycles. The summed E-state index contributed by atoms with van der Waals surface area (Å²) in [5, 5.41) is 16.1. The van der Waals surface area contributed by atoms with Gasteiger partial charge >= 0.3 is 17.9 Å². The predicted octanol–water partition coefficient (Wildman–Crippen LogP) is 4.43. The Morgan fingerprint density at radius 3 is 1.33 bits per heavy atom. The van der Waals surface area contributed by atoms with E-state index in [1.165, 1.54) is 0 Å². The van der Waals surface area contributed by atoms with E-state index in [4.69, 9.17) is 33.9 Å². The lowest BCUT2D eigenvalue weighted by Crippen LogP contribution is -2.13. The summed E-state index contributed by atoms with van der Waals surface area (Å²) in [7, 11) is 0. The monoisotopic (exact) mass is 524 g/mol. The Morgan fingerprint density at radius 2 is 1.00 bits per heavy atom. The number of carboxylic acids is 2. The molecule has 10 heteroatoms. The van der Waals surface area contributed by atoms with Crippen molar-refractivity contribution in [2.45, 2.75) is 86.7 Å². The molecule has 0 unspecified atom stereocenters. The van der Waals surface area contributed by atoms with Crippen LogP contribution in [0, 0.1) is 11.8 Å². The largest absolute Gasteiger partial charge is 0.481 e. The standard InChI is InChI=1S/C13H26O4.C10H20O4.C3H6O2/c1-11(2)10-16-9-8-15-7-5-6-13(14)17-12(3)4;1-9(2)8-14-7-6-13-5-3-4-10(11)12;1-2-3(4)5/h11-12H,5-10H2,1-4H3;9H,3-8H2,1-2H3,(H,11,12);2H2,1H3,(H,4,5). The lowest BCUT2D eigenvalue weighted by molar-refractivity contribution is -0.147. The molecule has 2 N–H and O–H groups in total. The van der Waals surface area contributed by atoms with Gasteiger partial charge in [-0.25, -0.2) is 0 Å². The van der Waals surface area contributed by atoms with E-state index in [2.05, 4.69) is 27.7 Å². The minimum Gasteiger partial charge on any atom is -0.481 e. The van der Waals surface area contributed by atoms with Gasteiger partial charge in [-0.3, -0.25) is 14.4 Å². The zero-order chi connectivity index (χ0) is 28.2. The molecule has 0 amide bonds. The highest BCUT2D eigenvalue weighted by Crippen LogP contribution is 1.98. The van der Waals surface area contributed by atoms with Crippen LogP contribution in [0.15, 0.2) is 0 Å². The number of carbonyl (C=O) groups is 3. The molecule has 216 valence electrons. The predicted molar refractivity (Wildman–Crippen MR) is 138 cm³/mol. The van der Waals surface area contributed by atoms with Crippen molar-refractivity contribution < 1.29 is 48.3 Å². The first kappa shape index (κ1) is 38.8. The van der Waals surface area contributed by atoms with Crippen LogP contribution in [-0.2, 0) is 38.1 Å². The van der Waals surface area contributed by atoms with E-state index in [0.717, 1.165) is 13.2 Å². The molecule has 0 aromatic heterocycles. The minimum absolute atomic E-state index is 0.0344. The first-order valence-electron chi connectivity index (χ1n) is 12.9. The highest BCUT2D eigenvalue weighted by atomic mass is 16.5. The second kappa shape index (κ2) is 29.5. The Hall–Kier alpha value is -1.75. The first-order valence-corrected chi connectivity index (χ1v) is 12.9. The molecular formula is C26H52O10. The molecule has 0 bridgehead atoms. The number of esters is 1. The summed E-state index contributed by atoms with van der Waals surface area (Å²) in [6.07, 6.45) is 2.06. The van der Waals surface area contributed by atoms with E-state index in [0.29, 0.717) is 70.7 Å². The SMILES string of the molecule is CC(C)COCCOCCCC(=O)O.CC(C)COCCOCCCC(=O)OC(C)C.CCC(=O)O. The topological polar surface area (TPSA) is 138 Å². The normalized spacial score (nSPS) is 10.5. The molecule has 0 aromatic rings. The fourth-order valence-corrected chi connectivity index (χ4v) is 2.04. The zero-order valence-electron chi connectivity index (χ0n) is 23.6. The molecule has 36 heavy (non-hydrogen) atoms. The third kappa shape index (κ3) is 45.7. The van der Waals surface area contributed by atoms with E-state index in [1.807, 2.05) is 13.8 Å². The third-order valence-corrected chi connectivity index (χ3v) is 3.66. The van der Waals surface area contributed by atoms with Gasteiger partial charge in [0.15, 0.2) is 0 Å². The molecule has 0 heterocycles. The lowest BCUT2D eigenvalue weighted by atomic mass is 10.2. The lowest BCUT2D eigenvalue weighted by Gasteiger charge is -2.08. The number of ether oxygens (including phenoxy) is 5. The summed E-state index contributed by atoms with van der Waals surface area (Å²) in [5.74, 6) is -0.572. The summed E-state index contributed by atoms with van der Waals surface area (Å²) < 4.78 is 26.2. The van der Waals surface area contributed by atoms with Crippen molar-refractivity contribution in [1.29, 1.82) is 0 Å². The van der Waals surface area contributed by atoms with Gasteiger partial charge in [-0.1, -0.05) is 34.6 Å². The summed E-state index contributed by atoms with van der Waals surface area (Å²) >= 11 is 0. The molecule has 0 spiro atoms. The molecule has 0 aromatic carbocycles. The molecule has 0 saturated heterocycles. The second-order valence-electron chi connectivity index (χ2n) is 9.05. The molecular weight excluding hydrogens is 472 g/mol. The van der Waals surface area contributed by atoms with E-state index in [-0.39, 0.29) is 24.9 Å². The van der Waals surface area contributed by atoms with Crippen LogP contribution in [0.2, 0.25) is 0 Å². The van der Waals surface area contributed by atoms with Crippen molar-refractivity contribution in [3.05, 3.63) is 0 Å². The van der Waals surface area contributed by atoms with Crippen molar-refractivity contribution in [1.82, 2.24) is 0 Å². The third-order valence-electron chi connectivity index (χ3n) is 3.66. The van der Waals surface area contributed by atoms with E-state index < -0.39 is 11.9 Å². The molecule has 0 saturated carbocycles. The van der Waals surface area contributed by atoms with E-state index in [9.17, 15) is 14.4 Å². The molecule has 0 radical (unpaired) electrons. The molecule has 0 rings (SSSR count). The maximum Gasteiger partial charge on any atom is 0.306 e. The van der Waals surface area contributed by atoms with Crippen molar-refractivity contribution in [2.75, 3.05) is 52.9 Å². The van der Waals surface area contributed by atoms with Gasteiger partial charge in [0.1, 0.15) is 0 Å². The van der Waals surface area contributed by atoms with Crippen LogP contribution < -0.4 is 0 Å². The summed E-state index contributed by atoms with van der Waals surface area (Å²) in [4.78, 5) is 30.7. The van der Waals surface area contributed by atoms with Gasteiger partial charge in [-0.05, 0) is 38.5 Å². The van der Waals surface area contributed by atoms with Crippen molar-refractivity contribution in [2.24, 2.45) is 11.8 Å². The van der Waals surface area contributed by atoms with Gasteiger partial charge in [-0.15, -0.1) is 0 Å². The van der Waals surface area contributed by atoms with Crippen LogP contribution in [0.5, 0.6) is 0 Å². The number of hydrogen-bond acceptors (Lipinski definition) is 8. The van der Waals surface area contributed by atoms with Crippen molar-refractivity contribution >= 4 is 17.9 Å². The van der Waals surface area contributed by atoms with E-state index in [1.54, 1.807) is 6.92 Å². The average Bonchev–Trinajstić information content (AvgIpc) is 2.77. The van der Waals surface area contributed by atoms with Crippen LogP contribution in [-0.4, -0.2) is 87.1 Å². The average molecular weight is 525 g/mol. The van der Waals surface area contributed by atoms with Crippen LogP contribution in [0.25, 0.3) is 0 Å². The highest BCUT2D eigenvalue weighted by Gasteiger charge is 2.04. The van der Waals surface area contributed by atoms with Gasteiger partial charge in [0, 0.05) is 45.7 Å². The smallest absolute Gasteiger partial charge is 0.306 e. The maximum atomic E-state index is 11.2. The minimum atomic E-state index is -0.773. The van der Waals surface area contributed by atoms with E-state index >= 15 is 0 Å². The maximum absolute atomic E-state index is 11.2. The highest BCUT2D eigenvalue weighted by molar-refractivity contribution is 5.69. The first-order chi connectivity index (χ1) is 16.9. The number of carbonyl (C=O) groups excluding carboxylic acids is 1. The molecule has 0 aliphatic carbocycles. The Labute approximate surface area is 218 Å². The number of hydrogen-bond donors (Lipinski definition) is 2. The second-order valence-corrected chi connectivity index (χ2v) is 9.05. The Bertz CT molecular complexity index is 507. The van der Waals surface area contributed by atoms with Crippen LogP contribution in [0.4, 0.5) is 0 Å². The van der Waals surface area contributed by atoms with Crippen LogP contribution >= 0.6 is 0 Å². The molecule has 0 aliphatic rings. The van der Waals surface area contributed by atoms with Crippen LogP contribution in [0.1, 0.15) is 80.6 Å². The Balaban J connectivity index is -0.000000515. The molecule has 10 nitrogen and oxygen atoms in total. The summed E-state index contributed by atoms with van der Waals surface area (Å²) in [6.45, 7) is 18.6. The molecule has 0 fully saturated rings. The Kier molecular flexibility index (Phi) is 31.8. The Morgan fingerprint density at radius 1 is 0.611 bits per heavy atom. The van der Waals surface area contributed by atoms with Crippen molar-refractivity contribution in [3.8, 4) is 0 Å². The van der Waals surface area contributed by atoms with Gasteiger partial charge < -0.3 is 33.9 Å².